The molecule has 19 heavy (non-hydrogen) atoms. The average Bonchev–Trinajstić information content (AvgIpc) is 2.90. The fourth-order valence-electron chi connectivity index (χ4n) is 2.96. The number of likely N-dealkylation sites (tertiary alicyclic amines) is 1. The van der Waals surface area contributed by atoms with Crippen LogP contribution in [0.4, 0.5) is 0 Å². The highest BCUT2D eigenvalue weighted by molar-refractivity contribution is 5.83. The van der Waals surface area contributed by atoms with Crippen molar-refractivity contribution < 1.29 is 4.79 Å². The number of nitrogens with two attached hydrogens (primary N) is 1. The summed E-state index contributed by atoms with van der Waals surface area (Å²) in [5.41, 5.74) is 6.74. The lowest BCUT2D eigenvalue weighted by atomic mass is 9.95. The van der Waals surface area contributed by atoms with Gasteiger partial charge < -0.3 is 10.6 Å². The molecule has 1 fully saturated rings. The van der Waals surface area contributed by atoms with Crippen LogP contribution >= 0.6 is 0 Å². The summed E-state index contributed by atoms with van der Waals surface area (Å²) < 4.78 is 0. The second-order valence-corrected chi connectivity index (χ2v) is 5.39. The number of nitrogens with zero attached hydrogens (tertiary/aromatic N) is 1. The first-order valence-corrected chi connectivity index (χ1v) is 7.30. The van der Waals surface area contributed by atoms with Gasteiger partial charge in [0.2, 0.25) is 5.91 Å². The molecule has 1 saturated heterocycles. The number of hydrogen-bond acceptors (Lipinski definition) is 2. The molecule has 2 rings (SSSR count). The van der Waals surface area contributed by atoms with Crippen molar-refractivity contribution in [3.05, 3.63) is 35.9 Å². The molecule has 0 aromatic heterocycles. The summed E-state index contributed by atoms with van der Waals surface area (Å²) in [6.45, 7) is 4.60. The highest BCUT2D eigenvalue weighted by atomic mass is 16.2. The van der Waals surface area contributed by atoms with Gasteiger partial charge in [0, 0.05) is 13.1 Å². The number of carbonyl (C=O) groups excluding carboxylic acids is 1. The van der Waals surface area contributed by atoms with Crippen LogP contribution in [-0.2, 0) is 4.79 Å². The molecule has 0 bridgehead atoms. The van der Waals surface area contributed by atoms with Crippen LogP contribution < -0.4 is 5.73 Å². The molecule has 1 heterocycles. The Morgan fingerprint density at radius 1 is 1.42 bits per heavy atom. The zero-order valence-corrected chi connectivity index (χ0v) is 11.7. The van der Waals surface area contributed by atoms with Crippen molar-refractivity contribution >= 4 is 5.91 Å². The zero-order valence-electron chi connectivity index (χ0n) is 11.7. The van der Waals surface area contributed by atoms with Gasteiger partial charge in [-0.1, -0.05) is 37.3 Å². The quantitative estimate of drug-likeness (QED) is 0.883. The Kier molecular flexibility index (Phi) is 4.97. The van der Waals surface area contributed by atoms with Crippen molar-refractivity contribution in [2.24, 2.45) is 11.7 Å². The van der Waals surface area contributed by atoms with Gasteiger partial charge in [0.1, 0.15) is 0 Å². The lowest BCUT2D eigenvalue weighted by Crippen LogP contribution is -2.33. The monoisotopic (exact) mass is 260 g/mol. The minimum absolute atomic E-state index is 0.0119. The Labute approximate surface area is 115 Å². The predicted molar refractivity (Wildman–Crippen MR) is 77.8 cm³/mol. The van der Waals surface area contributed by atoms with Crippen LogP contribution in [0.15, 0.2) is 30.3 Å². The molecule has 104 valence electrons. The number of benzene rings is 1. The smallest absolute Gasteiger partial charge is 0.230 e. The number of hydrogen-bond donors (Lipinski definition) is 1. The summed E-state index contributed by atoms with van der Waals surface area (Å²) in [5, 5.41) is 0. The summed E-state index contributed by atoms with van der Waals surface area (Å²) in [4.78, 5) is 14.7. The Bertz CT molecular complexity index is 404. The fraction of sp³-hybridized carbons (Fsp3) is 0.562. The lowest BCUT2D eigenvalue weighted by molar-refractivity contribution is -0.132. The van der Waals surface area contributed by atoms with E-state index in [1.54, 1.807) is 0 Å². The molecule has 1 aromatic carbocycles. The van der Waals surface area contributed by atoms with E-state index < -0.39 is 0 Å². The molecule has 1 amide bonds. The maximum Gasteiger partial charge on any atom is 0.230 e. The zero-order chi connectivity index (χ0) is 13.7. The molecule has 2 atom stereocenters. The van der Waals surface area contributed by atoms with E-state index in [4.69, 9.17) is 5.73 Å². The maximum absolute atomic E-state index is 12.6. The van der Waals surface area contributed by atoms with E-state index in [1.807, 2.05) is 23.1 Å². The summed E-state index contributed by atoms with van der Waals surface area (Å²) in [7, 11) is 0. The van der Waals surface area contributed by atoms with Gasteiger partial charge in [-0.2, -0.15) is 0 Å². The van der Waals surface area contributed by atoms with Gasteiger partial charge in [0.05, 0.1) is 5.92 Å². The van der Waals surface area contributed by atoms with Crippen LogP contribution in [-0.4, -0.2) is 30.4 Å². The van der Waals surface area contributed by atoms with Gasteiger partial charge >= 0.3 is 0 Å². The minimum atomic E-state index is 0.0119. The van der Waals surface area contributed by atoms with Crippen molar-refractivity contribution in [3.63, 3.8) is 0 Å². The molecule has 1 aliphatic heterocycles. The van der Waals surface area contributed by atoms with Crippen LogP contribution in [0, 0.1) is 5.92 Å². The molecule has 2 unspecified atom stereocenters. The molecule has 1 aliphatic rings. The molecule has 2 N–H and O–H groups in total. The number of carbonyl (C=O) groups is 1. The van der Waals surface area contributed by atoms with Crippen LogP contribution in [0.3, 0.4) is 0 Å². The first-order valence-electron chi connectivity index (χ1n) is 7.30. The van der Waals surface area contributed by atoms with Gasteiger partial charge in [-0.3, -0.25) is 4.79 Å². The van der Waals surface area contributed by atoms with Crippen molar-refractivity contribution in [1.29, 1.82) is 0 Å². The standard InChI is InChI=1S/C16H24N2O/c1-2-15(14-6-4-3-5-7-14)16(19)18-11-9-13(12-18)8-10-17/h3-7,13,15H,2,8-12,17H2,1H3. The molecule has 0 saturated carbocycles. The first kappa shape index (κ1) is 14.1. The molecule has 3 heteroatoms. The van der Waals surface area contributed by atoms with Gasteiger partial charge in [-0.05, 0) is 37.3 Å². The second kappa shape index (κ2) is 6.71. The van der Waals surface area contributed by atoms with Crippen LogP contribution in [0.2, 0.25) is 0 Å². The van der Waals surface area contributed by atoms with E-state index >= 15 is 0 Å². The van der Waals surface area contributed by atoms with Crippen molar-refractivity contribution in [2.45, 2.75) is 32.1 Å². The van der Waals surface area contributed by atoms with Crippen molar-refractivity contribution in [1.82, 2.24) is 4.90 Å². The molecule has 3 nitrogen and oxygen atoms in total. The van der Waals surface area contributed by atoms with E-state index in [-0.39, 0.29) is 11.8 Å². The van der Waals surface area contributed by atoms with E-state index in [1.165, 1.54) is 0 Å². The van der Waals surface area contributed by atoms with Gasteiger partial charge in [0.25, 0.3) is 0 Å². The molecular formula is C16H24N2O. The highest BCUT2D eigenvalue weighted by Crippen LogP contribution is 2.26. The number of rotatable bonds is 5. The third-order valence-corrected chi connectivity index (χ3v) is 4.08. The normalized spacial score (nSPS) is 20.5. The Morgan fingerprint density at radius 2 is 2.16 bits per heavy atom. The van der Waals surface area contributed by atoms with E-state index in [9.17, 15) is 4.79 Å². The number of amides is 1. The molecule has 1 aromatic rings. The maximum atomic E-state index is 12.6. The Morgan fingerprint density at radius 3 is 2.79 bits per heavy atom. The topological polar surface area (TPSA) is 46.3 Å². The largest absolute Gasteiger partial charge is 0.342 e. The fourth-order valence-corrected chi connectivity index (χ4v) is 2.96. The third-order valence-electron chi connectivity index (χ3n) is 4.08. The summed E-state index contributed by atoms with van der Waals surface area (Å²) >= 11 is 0. The van der Waals surface area contributed by atoms with Gasteiger partial charge in [-0.25, -0.2) is 0 Å². The van der Waals surface area contributed by atoms with Crippen molar-refractivity contribution in [2.75, 3.05) is 19.6 Å². The first-order chi connectivity index (χ1) is 9.26. The summed E-state index contributed by atoms with van der Waals surface area (Å²) in [6.07, 6.45) is 3.00. The molecule has 0 radical (unpaired) electrons. The van der Waals surface area contributed by atoms with E-state index in [0.29, 0.717) is 5.92 Å². The highest BCUT2D eigenvalue weighted by Gasteiger charge is 2.30. The second-order valence-electron chi connectivity index (χ2n) is 5.39. The van der Waals surface area contributed by atoms with Gasteiger partial charge in [0.15, 0.2) is 0 Å². The SMILES string of the molecule is CCC(C(=O)N1CCC(CCN)C1)c1ccccc1. The molecule has 0 aliphatic carbocycles. The van der Waals surface area contributed by atoms with Crippen LogP contribution in [0.5, 0.6) is 0 Å². The van der Waals surface area contributed by atoms with Crippen molar-refractivity contribution in [3.8, 4) is 0 Å². The molecule has 0 spiro atoms. The Balaban J connectivity index is 2.02. The lowest BCUT2D eigenvalue weighted by Gasteiger charge is -2.23. The van der Waals surface area contributed by atoms with Crippen LogP contribution in [0.1, 0.15) is 37.7 Å². The predicted octanol–water partition coefficient (Wildman–Crippen LogP) is 2.38. The van der Waals surface area contributed by atoms with Crippen LogP contribution in [0.25, 0.3) is 0 Å². The summed E-state index contributed by atoms with van der Waals surface area (Å²) in [5.74, 6) is 0.897. The van der Waals surface area contributed by atoms with E-state index in [2.05, 4.69) is 19.1 Å². The summed E-state index contributed by atoms with van der Waals surface area (Å²) in [6, 6.07) is 10.1. The minimum Gasteiger partial charge on any atom is -0.342 e. The van der Waals surface area contributed by atoms with E-state index in [0.717, 1.165) is 44.5 Å². The van der Waals surface area contributed by atoms with Gasteiger partial charge in [-0.15, -0.1) is 0 Å². The molecular weight excluding hydrogens is 236 g/mol. The average molecular weight is 260 g/mol. The third kappa shape index (κ3) is 3.35. The Hall–Kier alpha value is -1.35.